The van der Waals surface area contributed by atoms with E-state index in [4.69, 9.17) is 0 Å². The van der Waals surface area contributed by atoms with Crippen molar-refractivity contribution in [2.45, 2.75) is 19.6 Å². The molecule has 0 N–H and O–H groups in total. The van der Waals surface area contributed by atoms with Gasteiger partial charge < -0.3 is 0 Å². The topological polar surface area (TPSA) is 34.1 Å². The molecular weight excluding hydrogens is 216 g/mol. The van der Waals surface area contributed by atoms with E-state index in [2.05, 4.69) is 19.6 Å². The molecule has 82 valence electrons. The van der Waals surface area contributed by atoms with Crippen LogP contribution in [-0.4, -0.2) is 8.07 Å². The molecule has 0 bridgehead atoms. The summed E-state index contributed by atoms with van der Waals surface area (Å²) in [5.74, 6) is 0. The Hall–Kier alpha value is -1.48. The van der Waals surface area contributed by atoms with Gasteiger partial charge in [0.1, 0.15) is 0 Å². The normalized spacial score (nSPS) is 11.9. The van der Waals surface area contributed by atoms with Crippen LogP contribution in [0.5, 0.6) is 0 Å². The quantitative estimate of drug-likeness (QED) is 0.578. The minimum Gasteiger partial charge on any atom is -0.286 e. The molecule has 2 aromatic rings. The van der Waals surface area contributed by atoms with Crippen LogP contribution in [0, 0.1) is 0 Å². The molecule has 0 aliphatic heterocycles. The van der Waals surface area contributed by atoms with Crippen molar-refractivity contribution >= 4 is 13.3 Å². The van der Waals surface area contributed by atoms with Crippen molar-refractivity contribution in [3.8, 4) is 11.1 Å². The zero-order valence-electron chi connectivity index (χ0n) is 9.70. The number of hydrogen-bond acceptors (Lipinski definition) is 2. The minimum absolute atomic E-state index is 0.266. The zero-order chi connectivity index (χ0) is 11.9. The SMILES string of the molecule is C[Si](C)(C)c1c(-c2ccccc2)c(=O)c1=O. The Kier molecular flexibility index (Phi) is 2.43. The van der Waals surface area contributed by atoms with E-state index in [1.807, 2.05) is 30.3 Å². The first-order valence-electron chi connectivity index (χ1n) is 5.32. The maximum atomic E-state index is 11.6. The lowest BCUT2D eigenvalue weighted by Gasteiger charge is -2.21. The summed E-state index contributed by atoms with van der Waals surface area (Å²) < 4.78 is 0. The predicted octanol–water partition coefficient (Wildman–Crippen LogP) is 1.49. The smallest absolute Gasteiger partial charge is 0.233 e. The molecule has 0 aliphatic rings. The van der Waals surface area contributed by atoms with Crippen molar-refractivity contribution in [1.82, 2.24) is 0 Å². The average molecular weight is 230 g/mol. The van der Waals surface area contributed by atoms with Crippen LogP contribution in [-0.2, 0) is 0 Å². The molecule has 0 saturated heterocycles. The number of rotatable bonds is 2. The van der Waals surface area contributed by atoms with E-state index in [0.717, 1.165) is 10.8 Å². The van der Waals surface area contributed by atoms with Crippen LogP contribution in [0.15, 0.2) is 39.9 Å². The summed E-state index contributed by atoms with van der Waals surface area (Å²) in [6.07, 6.45) is 0. The van der Waals surface area contributed by atoms with Gasteiger partial charge in [0.2, 0.25) is 10.9 Å². The highest BCUT2D eigenvalue weighted by Crippen LogP contribution is 2.16. The molecule has 16 heavy (non-hydrogen) atoms. The first-order valence-corrected chi connectivity index (χ1v) is 8.82. The molecule has 0 aromatic heterocycles. The van der Waals surface area contributed by atoms with E-state index in [1.165, 1.54) is 0 Å². The van der Waals surface area contributed by atoms with Gasteiger partial charge in [-0.05, 0) is 5.56 Å². The van der Waals surface area contributed by atoms with E-state index in [0.29, 0.717) is 5.56 Å². The van der Waals surface area contributed by atoms with Gasteiger partial charge in [-0.2, -0.15) is 0 Å². The lowest BCUT2D eigenvalue weighted by molar-refractivity contribution is 1.43. The zero-order valence-corrected chi connectivity index (χ0v) is 10.7. The highest BCUT2D eigenvalue weighted by atomic mass is 28.3. The minimum atomic E-state index is -1.72. The first-order chi connectivity index (χ1) is 7.43. The Labute approximate surface area is 95.3 Å². The second-order valence-electron chi connectivity index (χ2n) is 5.02. The Morgan fingerprint density at radius 1 is 0.875 bits per heavy atom. The second kappa shape index (κ2) is 3.52. The Balaban J connectivity index is 2.66. The third-order valence-corrected chi connectivity index (χ3v) is 4.70. The molecule has 0 radical (unpaired) electrons. The van der Waals surface area contributed by atoms with Gasteiger partial charge in [0.25, 0.3) is 0 Å². The third-order valence-electron chi connectivity index (χ3n) is 2.72. The summed E-state index contributed by atoms with van der Waals surface area (Å²) in [7, 11) is -1.72. The van der Waals surface area contributed by atoms with Crippen LogP contribution in [0.2, 0.25) is 19.6 Å². The van der Waals surface area contributed by atoms with Gasteiger partial charge in [-0.3, -0.25) is 9.59 Å². The maximum Gasteiger partial charge on any atom is 0.233 e. The van der Waals surface area contributed by atoms with Crippen LogP contribution in [0.4, 0.5) is 0 Å². The molecule has 0 unspecified atom stereocenters. The molecule has 2 rings (SSSR count). The molecule has 0 saturated carbocycles. The van der Waals surface area contributed by atoms with Crippen molar-refractivity contribution in [1.29, 1.82) is 0 Å². The molecule has 0 aliphatic carbocycles. The van der Waals surface area contributed by atoms with Gasteiger partial charge in [0, 0.05) is 10.8 Å². The fourth-order valence-electron chi connectivity index (χ4n) is 1.99. The monoisotopic (exact) mass is 230 g/mol. The summed E-state index contributed by atoms with van der Waals surface area (Å²) >= 11 is 0. The molecule has 0 heterocycles. The molecule has 0 spiro atoms. The maximum absolute atomic E-state index is 11.6. The summed E-state index contributed by atoms with van der Waals surface area (Å²) in [5.41, 5.74) is 0.955. The lowest BCUT2D eigenvalue weighted by Crippen LogP contribution is -2.60. The molecule has 0 atom stereocenters. The van der Waals surface area contributed by atoms with Crippen molar-refractivity contribution in [3.05, 3.63) is 50.8 Å². The second-order valence-corrected chi connectivity index (χ2v) is 10.0. The van der Waals surface area contributed by atoms with Gasteiger partial charge in [-0.1, -0.05) is 50.0 Å². The van der Waals surface area contributed by atoms with E-state index < -0.39 is 8.07 Å². The Bertz CT molecular complexity index is 584. The van der Waals surface area contributed by atoms with Crippen molar-refractivity contribution in [2.24, 2.45) is 0 Å². The lowest BCUT2D eigenvalue weighted by atomic mass is 10.0. The summed E-state index contributed by atoms with van der Waals surface area (Å²) in [6.45, 7) is 6.28. The summed E-state index contributed by atoms with van der Waals surface area (Å²) in [4.78, 5) is 23.3. The molecule has 3 heteroatoms. The largest absolute Gasteiger partial charge is 0.286 e. The van der Waals surface area contributed by atoms with Gasteiger partial charge in [-0.25, -0.2) is 0 Å². The molecular formula is C13H14O2Si. The van der Waals surface area contributed by atoms with Crippen LogP contribution in [0.1, 0.15) is 0 Å². The highest BCUT2D eigenvalue weighted by molar-refractivity contribution is 6.90. The van der Waals surface area contributed by atoms with Crippen LogP contribution >= 0.6 is 0 Å². The molecule has 2 aromatic carbocycles. The van der Waals surface area contributed by atoms with Gasteiger partial charge in [0.15, 0.2) is 0 Å². The fraction of sp³-hybridized carbons (Fsp3) is 0.231. The third kappa shape index (κ3) is 1.57. The van der Waals surface area contributed by atoms with Crippen LogP contribution in [0.25, 0.3) is 11.1 Å². The van der Waals surface area contributed by atoms with Crippen molar-refractivity contribution in [3.63, 3.8) is 0 Å². The predicted molar refractivity (Wildman–Crippen MR) is 69.8 cm³/mol. The van der Waals surface area contributed by atoms with Crippen molar-refractivity contribution in [2.75, 3.05) is 0 Å². The van der Waals surface area contributed by atoms with Gasteiger partial charge in [-0.15, -0.1) is 0 Å². The summed E-state index contributed by atoms with van der Waals surface area (Å²) in [5, 5.41) is 0.795. The number of benzene rings is 1. The standard InChI is InChI=1S/C13H14O2Si/c1-16(2,3)13-10(11(14)12(13)15)9-7-5-4-6-8-9/h4-8H,1-3H3. The molecule has 0 amide bonds. The van der Waals surface area contributed by atoms with Crippen molar-refractivity contribution < 1.29 is 0 Å². The molecule has 2 nitrogen and oxygen atoms in total. The van der Waals surface area contributed by atoms with Gasteiger partial charge >= 0.3 is 0 Å². The van der Waals surface area contributed by atoms with E-state index in [1.54, 1.807) is 0 Å². The van der Waals surface area contributed by atoms with Crippen LogP contribution < -0.4 is 16.0 Å². The van der Waals surface area contributed by atoms with E-state index in [9.17, 15) is 9.59 Å². The summed E-state index contributed by atoms with van der Waals surface area (Å²) in [6, 6.07) is 9.46. The fourth-order valence-corrected chi connectivity index (χ4v) is 3.79. The number of hydrogen-bond donors (Lipinski definition) is 0. The first kappa shape index (κ1) is 11.0. The Morgan fingerprint density at radius 3 is 1.94 bits per heavy atom. The van der Waals surface area contributed by atoms with Crippen LogP contribution in [0.3, 0.4) is 0 Å². The highest BCUT2D eigenvalue weighted by Gasteiger charge is 2.31. The van der Waals surface area contributed by atoms with Gasteiger partial charge in [0.05, 0.1) is 8.07 Å². The van der Waals surface area contributed by atoms with E-state index in [-0.39, 0.29) is 10.9 Å². The van der Waals surface area contributed by atoms with E-state index >= 15 is 0 Å². The Morgan fingerprint density at radius 2 is 1.44 bits per heavy atom. The average Bonchev–Trinajstić information content (AvgIpc) is 2.23. The molecule has 0 fully saturated rings.